The molecule has 0 aliphatic heterocycles. The molecule has 0 aliphatic carbocycles. The van der Waals surface area contributed by atoms with Gasteiger partial charge in [-0.1, -0.05) is 19.1 Å². The van der Waals surface area contributed by atoms with Crippen molar-refractivity contribution in [3.63, 3.8) is 0 Å². The van der Waals surface area contributed by atoms with E-state index in [4.69, 9.17) is 10.5 Å². The fourth-order valence-corrected chi connectivity index (χ4v) is 2.48. The van der Waals surface area contributed by atoms with E-state index in [1.54, 1.807) is 11.7 Å². The molecule has 0 fully saturated rings. The zero-order chi connectivity index (χ0) is 15.4. The smallest absolute Gasteiger partial charge is 0.255 e. The highest BCUT2D eigenvalue weighted by atomic mass is 16.5. The molecular formula is C17H22N2O2. The van der Waals surface area contributed by atoms with Gasteiger partial charge in [0.2, 0.25) is 0 Å². The highest BCUT2D eigenvalue weighted by Gasteiger charge is 2.14. The molecule has 0 spiro atoms. The molecule has 4 heteroatoms. The number of methoxy groups -OCH3 is 1. The molecule has 0 amide bonds. The Kier molecular flexibility index (Phi) is 4.81. The number of benzene rings is 1. The van der Waals surface area contributed by atoms with Crippen LogP contribution in [0.3, 0.4) is 0 Å². The number of aromatic nitrogens is 1. The molecule has 0 aliphatic rings. The second kappa shape index (κ2) is 6.59. The average Bonchev–Trinajstić information content (AvgIpc) is 2.49. The Hall–Kier alpha value is -2.07. The zero-order valence-electron chi connectivity index (χ0n) is 12.8. The molecular weight excluding hydrogens is 264 g/mol. The number of pyridine rings is 1. The summed E-state index contributed by atoms with van der Waals surface area (Å²) in [6, 6.07) is 11.2. The molecule has 2 N–H and O–H groups in total. The van der Waals surface area contributed by atoms with Gasteiger partial charge >= 0.3 is 0 Å². The van der Waals surface area contributed by atoms with E-state index in [2.05, 4.69) is 6.92 Å². The summed E-state index contributed by atoms with van der Waals surface area (Å²) in [5.74, 6) is 0.760. The van der Waals surface area contributed by atoms with Gasteiger partial charge in [0.05, 0.1) is 12.8 Å². The summed E-state index contributed by atoms with van der Waals surface area (Å²) < 4.78 is 7.20. The third-order valence-corrected chi connectivity index (χ3v) is 3.52. The molecule has 2 aromatic rings. The van der Waals surface area contributed by atoms with E-state index in [1.165, 1.54) is 0 Å². The lowest BCUT2D eigenvalue weighted by molar-refractivity contribution is 0.416. The first kappa shape index (κ1) is 15.3. The first-order valence-corrected chi connectivity index (χ1v) is 7.22. The highest BCUT2D eigenvalue weighted by Crippen LogP contribution is 2.29. The molecule has 1 heterocycles. The fourth-order valence-electron chi connectivity index (χ4n) is 2.48. The van der Waals surface area contributed by atoms with E-state index in [0.29, 0.717) is 12.1 Å². The second-order valence-electron chi connectivity index (χ2n) is 5.12. The minimum atomic E-state index is -0.271. The maximum Gasteiger partial charge on any atom is 0.255 e. The maximum absolute atomic E-state index is 12.6. The second-order valence-corrected chi connectivity index (χ2v) is 5.12. The molecule has 0 radical (unpaired) electrons. The van der Waals surface area contributed by atoms with Crippen molar-refractivity contribution in [3.8, 4) is 17.0 Å². The Morgan fingerprint density at radius 1 is 1.24 bits per heavy atom. The molecule has 1 aromatic carbocycles. The largest absolute Gasteiger partial charge is 0.496 e. The quantitative estimate of drug-likeness (QED) is 0.919. The Labute approximate surface area is 125 Å². The van der Waals surface area contributed by atoms with Crippen LogP contribution in [0.25, 0.3) is 11.3 Å². The van der Waals surface area contributed by atoms with Crippen LogP contribution in [0.2, 0.25) is 0 Å². The lowest BCUT2D eigenvalue weighted by Gasteiger charge is -2.17. The lowest BCUT2D eigenvalue weighted by atomic mass is 10.1. The predicted molar refractivity (Wildman–Crippen MR) is 85.6 cm³/mol. The highest BCUT2D eigenvalue weighted by molar-refractivity contribution is 5.67. The van der Waals surface area contributed by atoms with Gasteiger partial charge in [0.25, 0.3) is 5.56 Å². The van der Waals surface area contributed by atoms with Crippen LogP contribution in [0.15, 0.2) is 41.2 Å². The van der Waals surface area contributed by atoms with Gasteiger partial charge < -0.3 is 15.0 Å². The molecule has 0 saturated carbocycles. The van der Waals surface area contributed by atoms with Gasteiger partial charge in [0.1, 0.15) is 5.75 Å². The molecule has 112 valence electrons. The topological polar surface area (TPSA) is 57.2 Å². The fraction of sp³-hybridized carbons (Fsp3) is 0.353. The predicted octanol–water partition coefficient (Wildman–Crippen LogP) is 2.95. The molecule has 0 bridgehead atoms. The number of nitrogens with two attached hydrogens (primary N) is 1. The first-order valence-electron chi connectivity index (χ1n) is 7.22. The van der Waals surface area contributed by atoms with Crippen LogP contribution in [0.1, 0.15) is 31.9 Å². The van der Waals surface area contributed by atoms with Crippen LogP contribution in [0.4, 0.5) is 0 Å². The summed E-state index contributed by atoms with van der Waals surface area (Å²) in [5, 5.41) is 0. The van der Waals surface area contributed by atoms with Crippen molar-refractivity contribution >= 4 is 0 Å². The SMILES string of the molecule is CCCn1c(-c2ccccc2OC)ccc(C(C)N)c1=O. The average molecular weight is 286 g/mol. The number of hydrogen-bond donors (Lipinski definition) is 1. The third kappa shape index (κ3) is 3.00. The molecule has 0 saturated heterocycles. The van der Waals surface area contributed by atoms with Gasteiger partial charge in [-0.05, 0) is 37.6 Å². The van der Waals surface area contributed by atoms with E-state index in [9.17, 15) is 4.79 Å². The zero-order valence-corrected chi connectivity index (χ0v) is 12.8. The Morgan fingerprint density at radius 2 is 1.95 bits per heavy atom. The van der Waals surface area contributed by atoms with Gasteiger partial charge in [-0.3, -0.25) is 4.79 Å². The minimum absolute atomic E-state index is 0.0183. The molecule has 2 rings (SSSR count). The third-order valence-electron chi connectivity index (χ3n) is 3.52. The van der Waals surface area contributed by atoms with Crippen molar-refractivity contribution in [3.05, 3.63) is 52.3 Å². The minimum Gasteiger partial charge on any atom is -0.496 e. The van der Waals surface area contributed by atoms with Crippen LogP contribution in [-0.2, 0) is 6.54 Å². The van der Waals surface area contributed by atoms with E-state index in [0.717, 1.165) is 23.4 Å². The van der Waals surface area contributed by atoms with Gasteiger partial charge in [0, 0.05) is 23.7 Å². The van der Waals surface area contributed by atoms with E-state index >= 15 is 0 Å². The molecule has 1 atom stereocenters. The number of rotatable bonds is 5. The number of nitrogens with zero attached hydrogens (tertiary/aromatic N) is 1. The lowest BCUT2D eigenvalue weighted by Crippen LogP contribution is -2.28. The van der Waals surface area contributed by atoms with Crippen molar-refractivity contribution in [2.45, 2.75) is 32.9 Å². The van der Waals surface area contributed by atoms with Crippen molar-refractivity contribution in [1.82, 2.24) is 4.57 Å². The van der Waals surface area contributed by atoms with Crippen LogP contribution in [0.5, 0.6) is 5.75 Å². The molecule has 21 heavy (non-hydrogen) atoms. The van der Waals surface area contributed by atoms with E-state index in [1.807, 2.05) is 43.3 Å². The first-order chi connectivity index (χ1) is 10.1. The standard InChI is InChI=1S/C17H22N2O2/c1-4-11-19-15(10-9-13(12(2)18)17(19)20)14-7-5-6-8-16(14)21-3/h5-10,12H,4,11,18H2,1-3H3. The van der Waals surface area contributed by atoms with Crippen LogP contribution >= 0.6 is 0 Å². The monoisotopic (exact) mass is 286 g/mol. The normalized spacial score (nSPS) is 12.2. The van der Waals surface area contributed by atoms with Crippen LogP contribution < -0.4 is 16.0 Å². The Bertz CT molecular complexity index is 675. The number of ether oxygens (including phenoxy) is 1. The molecule has 1 unspecified atom stereocenters. The Balaban J connectivity index is 2.69. The van der Waals surface area contributed by atoms with Crippen molar-refractivity contribution in [2.75, 3.05) is 7.11 Å². The van der Waals surface area contributed by atoms with Crippen LogP contribution in [-0.4, -0.2) is 11.7 Å². The van der Waals surface area contributed by atoms with E-state index < -0.39 is 0 Å². The summed E-state index contributed by atoms with van der Waals surface area (Å²) in [4.78, 5) is 12.6. The molecule has 4 nitrogen and oxygen atoms in total. The van der Waals surface area contributed by atoms with Gasteiger partial charge in [-0.25, -0.2) is 0 Å². The van der Waals surface area contributed by atoms with Crippen LogP contribution in [0, 0.1) is 0 Å². The maximum atomic E-state index is 12.6. The number of para-hydroxylation sites is 1. The van der Waals surface area contributed by atoms with E-state index in [-0.39, 0.29) is 11.6 Å². The van der Waals surface area contributed by atoms with Gasteiger partial charge in [0.15, 0.2) is 0 Å². The summed E-state index contributed by atoms with van der Waals surface area (Å²) in [5.41, 5.74) is 8.29. The van der Waals surface area contributed by atoms with Crippen molar-refractivity contribution < 1.29 is 4.74 Å². The van der Waals surface area contributed by atoms with Gasteiger partial charge in [-0.15, -0.1) is 0 Å². The summed E-state index contributed by atoms with van der Waals surface area (Å²) in [6.07, 6.45) is 0.879. The molecule has 1 aromatic heterocycles. The summed E-state index contributed by atoms with van der Waals surface area (Å²) in [7, 11) is 1.64. The van der Waals surface area contributed by atoms with Crippen molar-refractivity contribution in [1.29, 1.82) is 0 Å². The summed E-state index contributed by atoms with van der Waals surface area (Å²) in [6.45, 7) is 4.54. The number of hydrogen-bond acceptors (Lipinski definition) is 3. The Morgan fingerprint density at radius 3 is 2.57 bits per heavy atom. The summed E-state index contributed by atoms with van der Waals surface area (Å²) >= 11 is 0. The van der Waals surface area contributed by atoms with Gasteiger partial charge in [-0.2, -0.15) is 0 Å². The van der Waals surface area contributed by atoms with Crippen molar-refractivity contribution in [2.24, 2.45) is 5.73 Å².